The first kappa shape index (κ1) is 20.5. The molecule has 160 valence electrons. The Morgan fingerprint density at radius 1 is 1.17 bits per heavy atom. The maximum Gasteiger partial charge on any atom is 0.265 e. The van der Waals surface area contributed by atoms with E-state index in [2.05, 4.69) is 4.72 Å². The minimum atomic E-state index is -3.94. The van der Waals surface area contributed by atoms with Gasteiger partial charge in [0.1, 0.15) is 22.5 Å². The van der Waals surface area contributed by atoms with Crippen molar-refractivity contribution < 1.29 is 27.4 Å². The van der Waals surface area contributed by atoms with Crippen molar-refractivity contribution in [3.8, 4) is 11.5 Å². The van der Waals surface area contributed by atoms with Gasteiger partial charge in [0.05, 0.1) is 19.9 Å². The van der Waals surface area contributed by atoms with Crippen LogP contribution >= 0.6 is 0 Å². The van der Waals surface area contributed by atoms with Crippen LogP contribution in [-0.2, 0) is 26.0 Å². The molecule has 1 unspecified atom stereocenters. The van der Waals surface area contributed by atoms with E-state index in [1.807, 2.05) is 6.07 Å². The quantitative estimate of drug-likeness (QED) is 0.754. The third kappa shape index (κ3) is 3.82. The van der Waals surface area contributed by atoms with Crippen molar-refractivity contribution in [3.63, 3.8) is 0 Å². The molecule has 1 atom stereocenters. The summed E-state index contributed by atoms with van der Waals surface area (Å²) in [5.74, 6) is 0.541. The molecule has 0 aliphatic carbocycles. The van der Waals surface area contributed by atoms with E-state index in [0.29, 0.717) is 36.7 Å². The zero-order chi connectivity index (χ0) is 21.3. The molecule has 1 fully saturated rings. The number of carbonyl (C=O) groups excluding carboxylic acids is 1. The zero-order valence-electron chi connectivity index (χ0n) is 16.9. The van der Waals surface area contributed by atoms with Crippen LogP contribution in [0.5, 0.6) is 11.5 Å². The molecular formula is C21H24N2O6S. The van der Waals surface area contributed by atoms with Gasteiger partial charge in [-0.1, -0.05) is 6.07 Å². The predicted molar refractivity (Wildman–Crippen MR) is 112 cm³/mol. The highest BCUT2D eigenvalue weighted by Crippen LogP contribution is 2.34. The van der Waals surface area contributed by atoms with Gasteiger partial charge in [-0.3, -0.25) is 9.52 Å². The van der Waals surface area contributed by atoms with Crippen LogP contribution in [0, 0.1) is 0 Å². The summed E-state index contributed by atoms with van der Waals surface area (Å²) >= 11 is 0. The average molecular weight is 432 g/mol. The number of benzene rings is 2. The molecule has 1 amide bonds. The molecule has 30 heavy (non-hydrogen) atoms. The summed E-state index contributed by atoms with van der Waals surface area (Å²) < 4.78 is 44.5. The SMILES string of the molecule is COc1ccc(OC)c(S(=O)(=O)Nc2ccc3c(c2)N(C(=O)C2CCCO2)CC3)c1. The van der Waals surface area contributed by atoms with Crippen LogP contribution in [0.2, 0.25) is 0 Å². The fraction of sp³-hybridized carbons (Fsp3) is 0.381. The van der Waals surface area contributed by atoms with Gasteiger partial charge >= 0.3 is 0 Å². The summed E-state index contributed by atoms with van der Waals surface area (Å²) in [7, 11) is -1.07. The van der Waals surface area contributed by atoms with E-state index in [1.165, 1.54) is 26.4 Å². The van der Waals surface area contributed by atoms with Gasteiger partial charge in [-0.25, -0.2) is 8.42 Å². The van der Waals surface area contributed by atoms with Crippen LogP contribution in [0.3, 0.4) is 0 Å². The van der Waals surface area contributed by atoms with Gasteiger partial charge in [0.15, 0.2) is 0 Å². The van der Waals surface area contributed by atoms with Crippen molar-refractivity contribution >= 4 is 27.3 Å². The number of anilines is 2. The van der Waals surface area contributed by atoms with Gasteiger partial charge in [-0.05, 0) is 49.1 Å². The highest BCUT2D eigenvalue weighted by Gasteiger charge is 2.33. The first-order valence-electron chi connectivity index (χ1n) is 9.73. The zero-order valence-corrected chi connectivity index (χ0v) is 17.7. The number of carbonyl (C=O) groups is 1. The molecule has 0 spiro atoms. The largest absolute Gasteiger partial charge is 0.497 e. The van der Waals surface area contributed by atoms with Crippen molar-refractivity contribution in [1.29, 1.82) is 0 Å². The number of nitrogens with zero attached hydrogens (tertiary/aromatic N) is 1. The maximum absolute atomic E-state index is 13.0. The molecule has 2 aromatic carbocycles. The molecule has 2 aromatic rings. The number of sulfonamides is 1. The summed E-state index contributed by atoms with van der Waals surface area (Å²) in [6.07, 6.45) is 1.90. The summed E-state index contributed by atoms with van der Waals surface area (Å²) in [6.45, 7) is 1.16. The van der Waals surface area contributed by atoms with E-state index in [9.17, 15) is 13.2 Å². The Balaban J connectivity index is 1.62. The third-order valence-corrected chi connectivity index (χ3v) is 6.77. The van der Waals surface area contributed by atoms with Crippen molar-refractivity contribution in [2.75, 3.05) is 37.0 Å². The normalized spacial score (nSPS) is 18.2. The van der Waals surface area contributed by atoms with Crippen molar-refractivity contribution in [2.45, 2.75) is 30.3 Å². The minimum Gasteiger partial charge on any atom is -0.497 e. The number of nitrogens with one attached hydrogen (secondary N) is 1. The Labute approximate surface area is 175 Å². The summed E-state index contributed by atoms with van der Waals surface area (Å²) in [4.78, 5) is 14.5. The van der Waals surface area contributed by atoms with E-state index in [4.69, 9.17) is 14.2 Å². The van der Waals surface area contributed by atoms with Gasteiger partial charge in [-0.2, -0.15) is 0 Å². The number of rotatable bonds is 6. The number of ether oxygens (including phenoxy) is 3. The van der Waals surface area contributed by atoms with E-state index >= 15 is 0 Å². The molecule has 9 heteroatoms. The lowest BCUT2D eigenvalue weighted by Gasteiger charge is -2.21. The number of methoxy groups -OCH3 is 2. The number of amides is 1. The highest BCUT2D eigenvalue weighted by atomic mass is 32.2. The molecule has 1 N–H and O–H groups in total. The fourth-order valence-corrected chi connectivity index (χ4v) is 5.06. The number of hydrogen-bond acceptors (Lipinski definition) is 6. The Morgan fingerprint density at radius 2 is 2.00 bits per heavy atom. The lowest BCUT2D eigenvalue weighted by atomic mass is 10.1. The third-order valence-electron chi connectivity index (χ3n) is 5.36. The smallest absolute Gasteiger partial charge is 0.265 e. The van der Waals surface area contributed by atoms with Gasteiger partial charge in [-0.15, -0.1) is 0 Å². The van der Waals surface area contributed by atoms with E-state index in [0.717, 1.165) is 18.4 Å². The van der Waals surface area contributed by atoms with Crippen molar-refractivity contribution in [1.82, 2.24) is 0 Å². The first-order valence-corrected chi connectivity index (χ1v) is 11.2. The minimum absolute atomic E-state index is 0.0304. The Morgan fingerprint density at radius 3 is 2.70 bits per heavy atom. The van der Waals surface area contributed by atoms with Crippen LogP contribution in [0.4, 0.5) is 11.4 Å². The highest BCUT2D eigenvalue weighted by molar-refractivity contribution is 7.92. The van der Waals surface area contributed by atoms with Crippen LogP contribution in [0.15, 0.2) is 41.3 Å². The Kier molecular flexibility index (Phi) is 5.57. The first-order chi connectivity index (χ1) is 14.4. The topological polar surface area (TPSA) is 94.2 Å². The standard InChI is InChI=1S/C21H24N2O6S/c1-27-16-7-8-18(28-2)20(13-16)30(25,26)22-15-6-5-14-9-10-23(17(14)12-15)21(24)19-4-3-11-29-19/h5-8,12-13,19,22H,3-4,9-11H2,1-2H3. The lowest BCUT2D eigenvalue weighted by Crippen LogP contribution is -2.37. The van der Waals surface area contributed by atoms with Crippen LogP contribution < -0.4 is 19.1 Å². The number of hydrogen-bond donors (Lipinski definition) is 1. The maximum atomic E-state index is 13.0. The molecule has 0 radical (unpaired) electrons. The van der Waals surface area contributed by atoms with Gasteiger partial charge in [0.2, 0.25) is 0 Å². The lowest BCUT2D eigenvalue weighted by molar-refractivity contribution is -0.127. The second kappa shape index (κ2) is 8.16. The Hall–Kier alpha value is -2.78. The van der Waals surface area contributed by atoms with Crippen molar-refractivity contribution in [3.05, 3.63) is 42.0 Å². The molecule has 0 aromatic heterocycles. The molecule has 8 nitrogen and oxygen atoms in total. The summed E-state index contributed by atoms with van der Waals surface area (Å²) in [6, 6.07) is 9.81. The molecule has 2 aliphatic rings. The van der Waals surface area contributed by atoms with Gasteiger partial charge < -0.3 is 19.1 Å². The Bertz CT molecular complexity index is 1060. The molecular weight excluding hydrogens is 408 g/mol. The van der Waals surface area contributed by atoms with Crippen molar-refractivity contribution in [2.24, 2.45) is 0 Å². The second-order valence-corrected chi connectivity index (χ2v) is 8.86. The molecule has 4 rings (SSSR count). The predicted octanol–water partition coefficient (Wildman–Crippen LogP) is 2.57. The number of fused-ring (bicyclic) bond motifs is 1. The molecule has 0 saturated carbocycles. The van der Waals surface area contributed by atoms with E-state index in [-0.39, 0.29) is 16.6 Å². The molecule has 0 bridgehead atoms. The van der Waals surface area contributed by atoms with Crippen LogP contribution in [0.25, 0.3) is 0 Å². The average Bonchev–Trinajstić information content (AvgIpc) is 3.42. The van der Waals surface area contributed by atoms with Gasteiger partial charge in [0.25, 0.3) is 15.9 Å². The van der Waals surface area contributed by atoms with Crippen LogP contribution in [-0.4, -0.2) is 47.8 Å². The van der Waals surface area contributed by atoms with Crippen LogP contribution in [0.1, 0.15) is 18.4 Å². The molecule has 1 saturated heterocycles. The van der Waals surface area contributed by atoms with E-state index < -0.39 is 16.1 Å². The summed E-state index contributed by atoms with van der Waals surface area (Å²) in [5.41, 5.74) is 2.09. The second-order valence-electron chi connectivity index (χ2n) is 7.21. The fourth-order valence-electron chi connectivity index (χ4n) is 3.82. The molecule has 2 heterocycles. The van der Waals surface area contributed by atoms with E-state index in [1.54, 1.807) is 23.1 Å². The molecule has 2 aliphatic heterocycles. The monoisotopic (exact) mass is 432 g/mol. The van der Waals surface area contributed by atoms with Gasteiger partial charge in [0, 0.05) is 24.9 Å². The summed E-state index contributed by atoms with van der Waals surface area (Å²) in [5, 5.41) is 0.